The van der Waals surface area contributed by atoms with E-state index in [1.165, 1.54) is 9.95 Å². The molecule has 0 spiro atoms. The van der Waals surface area contributed by atoms with Crippen molar-refractivity contribution in [2.24, 2.45) is 0 Å². The molecular weight excluding hydrogens is 153 g/mol. The third kappa shape index (κ3) is 3.13. The van der Waals surface area contributed by atoms with Gasteiger partial charge >= 0.3 is 48.7 Å². The SMILES string of the molecule is C[CH2][Ga]([Cl])[CH2]C. The molecule has 0 aliphatic heterocycles. The zero-order valence-electron chi connectivity index (χ0n) is 4.37. The summed E-state index contributed by atoms with van der Waals surface area (Å²) in [5, 5.41) is 0. The van der Waals surface area contributed by atoms with Gasteiger partial charge in [0.05, 0.1) is 0 Å². The normalized spacial score (nSPS) is 8.50. The molecular formula is C4H10ClGa. The van der Waals surface area contributed by atoms with Gasteiger partial charge in [0.25, 0.3) is 0 Å². The second kappa shape index (κ2) is 4.10. The molecule has 0 saturated heterocycles. The molecule has 0 radical (unpaired) electrons. The van der Waals surface area contributed by atoms with Gasteiger partial charge in [0, 0.05) is 0 Å². The van der Waals surface area contributed by atoms with Crippen LogP contribution < -0.4 is 0 Å². The molecule has 0 bridgehead atoms. The molecule has 2 heteroatoms. The predicted molar refractivity (Wildman–Crippen MR) is 32.6 cm³/mol. The summed E-state index contributed by atoms with van der Waals surface area (Å²) in [6.07, 6.45) is 0. The summed E-state index contributed by atoms with van der Waals surface area (Å²) >= 11 is -1.07. The first-order valence-electron chi connectivity index (χ1n) is 2.45. The summed E-state index contributed by atoms with van der Waals surface area (Å²) in [6.45, 7) is 4.36. The van der Waals surface area contributed by atoms with Crippen LogP contribution in [0.15, 0.2) is 0 Å². The van der Waals surface area contributed by atoms with E-state index in [2.05, 4.69) is 13.8 Å². The fraction of sp³-hybridized carbons (Fsp3) is 1.00. The molecule has 0 rings (SSSR count). The Morgan fingerprint density at radius 2 is 1.67 bits per heavy atom. The van der Waals surface area contributed by atoms with E-state index < -0.39 is 15.2 Å². The Bertz CT molecular complexity index is 26.7. The molecule has 36 valence electrons. The van der Waals surface area contributed by atoms with Crippen LogP contribution in [0.25, 0.3) is 0 Å². The fourth-order valence-electron chi connectivity index (χ4n) is 0.289. The Morgan fingerprint density at radius 3 is 1.67 bits per heavy atom. The molecule has 0 atom stereocenters. The van der Waals surface area contributed by atoms with E-state index in [1.807, 2.05) is 0 Å². The number of hydrogen-bond acceptors (Lipinski definition) is 0. The van der Waals surface area contributed by atoms with Crippen LogP contribution in [0.5, 0.6) is 0 Å². The Kier molecular flexibility index (Phi) is 4.73. The summed E-state index contributed by atoms with van der Waals surface area (Å²) in [4.78, 5) is 2.57. The van der Waals surface area contributed by atoms with E-state index in [0.29, 0.717) is 0 Å². The Balaban J connectivity index is 2.75. The second-order valence-electron chi connectivity index (χ2n) is 1.41. The zero-order chi connectivity index (χ0) is 4.99. The molecule has 0 amide bonds. The standard InChI is InChI=1S/2C2H5.ClH.Ga/c2*1-2;;/h2*1H2,2H3;1H;/q;;;+1/p-1. The van der Waals surface area contributed by atoms with Crippen molar-refractivity contribution in [2.45, 2.75) is 23.8 Å². The van der Waals surface area contributed by atoms with E-state index in [1.54, 1.807) is 0 Å². The maximum atomic E-state index is 5.84. The molecule has 0 aromatic heterocycles. The molecule has 0 fully saturated rings. The second-order valence-corrected chi connectivity index (χ2v) is 10.6. The predicted octanol–water partition coefficient (Wildman–Crippen LogP) is 2.26. The molecule has 0 unspecified atom stereocenters. The molecule has 0 aromatic rings. The van der Waals surface area contributed by atoms with Gasteiger partial charge in [0.2, 0.25) is 0 Å². The van der Waals surface area contributed by atoms with Crippen LogP contribution in [-0.2, 0) is 0 Å². The van der Waals surface area contributed by atoms with Crippen molar-refractivity contribution >= 4 is 24.9 Å². The Labute approximate surface area is 48.9 Å². The minimum atomic E-state index is -1.07. The molecule has 0 aliphatic carbocycles. The van der Waals surface area contributed by atoms with Crippen LogP contribution in [0, 0.1) is 0 Å². The van der Waals surface area contributed by atoms with Gasteiger partial charge in [-0.25, -0.2) is 0 Å². The van der Waals surface area contributed by atoms with Gasteiger partial charge in [-0.1, -0.05) is 0 Å². The molecule has 0 heterocycles. The van der Waals surface area contributed by atoms with Crippen LogP contribution in [0.3, 0.4) is 0 Å². The Morgan fingerprint density at radius 1 is 1.33 bits per heavy atom. The molecule has 0 saturated carbocycles. The number of halogens is 1. The van der Waals surface area contributed by atoms with Gasteiger partial charge in [-0.3, -0.25) is 0 Å². The van der Waals surface area contributed by atoms with Crippen molar-refractivity contribution in [1.29, 1.82) is 0 Å². The molecule has 6 heavy (non-hydrogen) atoms. The van der Waals surface area contributed by atoms with Crippen molar-refractivity contribution in [1.82, 2.24) is 0 Å². The summed E-state index contributed by atoms with van der Waals surface area (Å²) in [5.74, 6) is 0. The van der Waals surface area contributed by atoms with Crippen LogP contribution in [0.1, 0.15) is 13.8 Å². The number of hydrogen-bond donors (Lipinski definition) is 0. The van der Waals surface area contributed by atoms with E-state index in [-0.39, 0.29) is 0 Å². The van der Waals surface area contributed by atoms with Crippen LogP contribution in [0.2, 0.25) is 9.95 Å². The van der Waals surface area contributed by atoms with E-state index in [9.17, 15) is 0 Å². The summed E-state index contributed by atoms with van der Waals surface area (Å²) in [7, 11) is 5.84. The van der Waals surface area contributed by atoms with Crippen molar-refractivity contribution < 1.29 is 0 Å². The van der Waals surface area contributed by atoms with Gasteiger partial charge < -0.3 is 0 Å². The first-order chi connectivity index (χ1) is 2.81. The topological polar surface area (TPSA) is 0 Å². The van der Waals surface area contributed by atoms with Crippen LogP contribution in [0.4, 0.5) is 0 Å². The van der Waals surface area contributed by atoms with Crippen molar-refractivity contribution in [3.63, 3.8) is 0 Å². The molecule has 0 N–H and O–H groups in total. The van der Waals surface area contributed by atoms with Crippen LogP contribution >= 0.6 is 9.64 Å². The zero-order valence-corrected chi connectivity index (χ0v) is 7.55. The van der Waals surface area contributed by atoms with Crippen LogP contribution in [-0.4, -0.2) is 15.2 Å². The third-order valence-corrected chi connectivity index (χ3v) is 7.81. The average Bonchev–Trinajstić information content (AvgIpc) is 1.65. The molecule has 0 aliphatic rings. The summed E-state index contributed by atoms with van der Waals surface area (Å²) in [6, 6.07) is 0. The summed E-state index contributed by atoms with van der Waals surface area (Å²) < 4.78 is 0. The van der Waals surface area contributed by atoms with Crippen molar-refractivity contribution in [2.75, 3.05) is 0 Å². The average molecular weight is 163 g/mol. The Hall–Kier alpha value is 0.926. The van der Waals surface area contributed by atoms with E-state index in [0.717, 1.165) is 0 Å². The van der Waals surface area contributed by atoms with Crippen molar-refractivity contribution in [3.8, 4) is 0 Å². The quantitative estimate of drug-likeness (QED) is 0.548. The summed E-state index contributed by atoms with van der Waals surface area (Å²) in [5.41, 5.74) is 0. The first kappa shape index (κ1) is 6.93. The van der Waals surface area contributed by atoms with E-state index in [4.69, 9.17) is 9.64 Å². The first-order valence-corrected chi connectivity index (χ1v) is 9.06. The third-order valence-electron chi connectivity index (χ3n) is 0.886. The van der Waals surface area contributed by atoms with Gasteiger partial charge in [0.1, 0.15) is 0 Å². The maximum absolute atomic E-state index is 5.84. The van der Waals surface area contributed by atoms with Gasteiger partial charge in [-0.05, 0) is 0 Å². The fourth-order valence-corrected chi connectivity index (χ4v) is 1.50. The van der Waals surface area contributed by atoms with Crippen molar-refractivity contribution in [3.05, 3.63) is 0 Å². The monoisotopic (exact) mass is 162 g/mol. The molecule has 0 aromatic carbocycles. The van der Waals surface area contributed by atoms with E-state index >= 15 is 0 Å². The van der Waals surface area contributed by atoms with Gasteiger partial charge in [-0.15, -0.1) is 0 Å². The molecule has 0 nitrogen and oxygen atoms in total. The van der Waals surface area contributed by atoms with Gasteiger partial charge in [0.15, 0.2) is 0 Å². The van der Waals surface area contributed by atoms with Gasteiger partial charge in [-0.2, -0.15) is 0 Å². The number of rotatable bonds is 2. The minimum absolute atomic E-state index is 1.07.